The summed E-state index contributed by atoms with van der Waals surface area (Å²) in [5, 5.41) is 2.22. The van der Waals surface area contributed by atoms with Gasteiger partial charge in [0.25, 0.3) is 5.91 Å². The Morgan fingerprint density at radius 3 is 2.52 bits per heavy atom. The van der Waals surface area contributed by atoms with E-state index in [0.29, 0.717) is 5.69 Å². The first-order valence-corrected chi connectivity index (χ1v) is 6.50. The minimum absolute atomic E-state index is 0.135. The van der Waals surface area contributed by atoms with E-state index in [-0.39, 0.29) is 12.5 Å². The Labute approximate surface area is 122 Å². The molecule has 1 saturated heterocycles. The van der Waals surface area contributed by atoms with Gasteiger partial charge in [-0.15, -0.1) is 0 Å². The number of nitrogens with one attached hydrogen (secondary N) is 1. The number of nitrogens with two attached hydrogens (primary N) is 1. The number of benzene rings is 1. The van der Waals surface area contributed by atoms with Crippen molar-refractivity contribution in [1.82, 2.24) is 10.2 Å². The molecule has 0 aliphatic carbocycles. The molecule has 6 nitrogen and oxygen atoms in total. The van der Waals surface area contributed by atoms with Gasteiger partial charge in [-0.3, -0.25) is 19.7 Å². The molecule has 1 aliphatic rings. The molecule has 2 rings (SSSR count). The van der Waals surface area contributed by atoms with E-state index in [1.54, 1.807) is 44.2 Å². The van der Waals surface area contributed by atoms with Crippen molar-refractivity contribution in [2.45, 2.75) is 19.4 Å². The number of hydrogen-bond acceptors (Lipinski definition) is 4. The van der Waals surface area contributed by atoms with Crippen LogP contribution < -0.4 is 11.1 Å². The van der Waals surface area contributed by atoms with Crippen LogP contribution in [-0.2, 0) is 14.4 Å². The van der Waals surface area contributed by atoms with E-state index in [9.17, 15) is 14.4 Å². The molecule has 3 N–H and O–H groups in total. The number of nitrogens with zero attached hydrogens (tertiary/aromatic N) is 1. The molecular formula is C15H17N3O3. The fourth-order valence-corrected chi connectivity index (χ4v) is 2.00. The summed E-state index contributed by atoms with van der Waals surface area (Å²) in [5.41, 5.74) is 5.97. The molecule has 0 saturated carbocycles. The number of piperazine rings is 1. The summed E-state index contributed by atoms with van der Waals surface area (Å²) >= 11 is 0. The van der Waals surface area contributed by atoms with Gasteiger partial charge in [0.05, 0.1) is 0 Å². The summed E-state index contributed by atoms with van der Waals surface area (Å²) in [4.78, 5) is 36.7. The Bertz CT molecular complexity index is 618. The Hall–Kier alpha value is -2.63. The van der Waals surface area contributed by atoms with Gasteiger partial charge in [-0.05, 0) is 37.6 Å². The van der Waals surface area contributed by atoms with Crippen LogP contribution in [0, 0.1) is 0 Å². The van der Waals surface area contributed by atoms with Crippen LogP contribution in [-0.4, -0.2) is 34.7 Å². The number of nitrogen functional groups attached to an aromatic ring is 1. The maximum atomic E-state index is 12.2. The summed E-state index contributed by atoms with van der Waals surface area (Å²) in [5.74, 6) is -1.35. The summed E-state index contributed by atoms with van der Waals surface area (Å²) in [7, 11) is 0. The van der Waals surface area contributed by atoms with Crippen molar-refractivity contribution in [3.63, 3.8) is 0 Å². The molecular weight excluding hydrogens is 270 g/mol. The van der Waals surface area contributed by atoms with Crippen LogP contribution in [0.4, 0.5) is 5.69 Å². The zero-order valence-electron chi connectivity index (χ0n) is 11.9. The highest BCUT2D eigenvalue weighted by Crippen LogP contribution is 2.19. The van der Waals surface area contributed by atoms with Gasteiger partial charge in [0.1, 0.15) is 12.1 Å². The van der Waals surface area contributed by atoms with Crippen molar-refractivity contribution in [2.75, 3.05) is 12.3 Å². The van der Waals surface area contributed by atoms with Gasteiger partial charge in [0, 0.05) is 11.8 Å². The summed E-state index contributed by atoms with van der Waals surface area (Å²) in [6.45, 7) is 3.07. The van der Waals surface area contributed by atoms with Crippen LogP contribution in [0.5, 0.6) is 0 Å². The fraction of sp³-hybridized carbons (Fsp3) is 0.267. The number of anilines is 1. The van der Waals surface area contributed by atoms with E-state index in [1.165, 1.54) is 11.0 Å². The van der Waals surface area contributed by atoms with E-state index >= 15 is 0 Å². The molecule has 0 spiro atoms. The monoisotopic (exact) mass is 287 g/mol. The topological polar surface area (TPSA) is 92.5 Å². The van der Waals surface area contributed by atoms with Crippen molar-refractivity contribution in [3.05, 3.63) is 35.9 Å². The van der Waals surface area contributed by atoms with E-state index in [2.05, 4.69) is 5.32 Å². The standard InChI is InChI=1S/C15H17N3O3/c1-15(2)14(21)17-12(19)9-18(15)13(20)8-5-10-3-6-11(16)7-4-10/h3-8H,9,16H2,1-2H3,(H,17,19,21)/b8-5+. The average molecular weight is 287 g/mol. The van der Waals surface area contributed by atoms with E-state index in [4.69, 9.17) is 5.73 Å². The van der Waals surface area contributed by atoms with Gasteiger partial charge in [-0.25, -0.2) is 0 Å². The fourth-order valence-electron chi connectivity index (χ4n) is 2.00. The van der Waals surface area contributed by atoms with Gasteiger partial charge in [-0.2, -0.15) is 0 Å². The summed E-state index contributed by atoms with van der Waals surface area (Å²) in [6, 6.07) is 7.01. The second-order valence-corrected chi connectivity index (χ2v) is 5.36. The van der Waals surface area contributed by atoms with Crippen molar-refractivity contribution in [3.8, 4) is 0 Å². The second-order valence-electron chi connectivity index (χ2n) is 5.36. The van der Waals surface area contributed by atoms with E-state index in [0.717, 1.165) is 5.56 Å². The molecule has 6 heteroatoms. The predicted octanol–water partition coefficient (Wildman–Crippen LogP) is 0.546. The third kappa shape index (κ3) is 3.10. The number of carbonyl (C=O) groups is 3. The highest BCUT2D eigenvalue weighted by molar-refractivity contribution is 6.08. The number of hydrogen-bond donors (Lipinski definition) is 2. The van der Waals surface area contributed by atoms with Crippen molar-refractivity contribution in [2.24, 2.45) is 0 Å². The first-order chi connectivity index (χ1) is 9.80. The lowest BCUT2D eigenvalue weighted by atomic mass is 9.98. The molecule has 1 aromatic carbocycles. The summed E-state index contributed by atoms with van der Waals surface area (Å²) in [6.07, 6.45) is 2.97. The number of imide groups is 1. The van der Waals surface area contributed by atoms with Gasteiger partial charge in [-0.1, -0.05) is 12.1 Å². The molecule has 0 aromatic heterocycles. The molecule has 3 amide bonds. The number of carbonyl (C=O) groups excluding carboxylic acids is 3. The highest BCUT2D eigenvalue weighted by atomic mass is 16.2. The molecule has 0 radical (unpaired) electrons. The van der Waals surface area contributed by atoms with E-state index in [1.807, 2.05) is 0 Å². The Morgan fingerprint density at radius 2 is 1.90 bits per heavy atom. The lowest BCUT2D eigenvalue weighted by Gasteiger charge is -2.39. The van der Waals surface area contributed by atoms with Crippen LogP contribution in [0.25, 0.3) is 6.08 Å². The Balaban J connectivity index is 2.16. The molecule has 1 aliphatic heterocycles. The van der Waals surface area contributed by atoms with Crippen LogP contribution in [0.2, 0.25) is 0 Å². The molecule has 1 fully saturated rings. The molecule has 0 atom stereocenters. The third-order valence-corrected chi connectivity index (χ3v) is 3.41. The van der Waals surface area contributed by atoms with Crippen LogP contribution in [0.15, 0.2) is 30.3 Å². The van der Waals surface area contributed by atoms with Gasteiger partial charge >= 0.3 is 0 Å². The first-order valence-electron chi connectivity index (χ1n) is 6.50. The number of amides is 3. The molecule has 1 heterocycles. The van der Waals surface area contributed by atoms with Crippen LogP contribution >= 0.6 is 0 Å². The van der Waals surface area contributed by atoms with Crippen molar-refractivity contribution < 1.29 is 14.4 Å². The maximum Gasteiger partial charge on any atom is 0.252 e. The second kappa shape index (κ2) is 5.40. The van der Waals surface area contributed by atoms with Gasteiger partial charge < -0.3 is 10.6 Å². The van der Waals surface area contributed by atoms with Crippen LogP contribution in [0.3, 0.4) is 0 Å². The first kappa shape index (κ1) is 14.8. The predicted molar refractivity (Wildman–Crippen MR) is 78.8 cm³/mol. The third-order valence-electron chi connectivity index (χ3n) is 3.41. The Morgan fingerprint density at radius 1 is 1.29 bits per heavy atom. The van der Waals surface area contributed by atoms with Crippen LogP contribution in [0.1, 0.15) is 19.4 Å². The quantitative estimate of drug-likeness (QED) is 0.472. The minimum Gasteiger partial charge on any atom is -0.399 e. The molecule has 0 unspecified atom stereocenters. The van der Waals surface area contributed by atoms with Gasteiger partial charge in [0.15, 0.2) is 0 Å². The molecule has 110 valence electrons. The summed E-state index contributed by atoms with van der Waals surface area (Å²) < 4.78 is 0. The van der Waals surface area contributed by atoms with E-state index < -0.39 is 17.4 Å². The lowest BCUT2D eigenvalue weighted by molar-refractivity contribution is -0.153. The van der Waals surface area contributed by atoms with Gasteiger partial charge in [0.2, 0.25) is 11.8 Å². The SMILES string of the molecule is CC1(C)C(=O)NC(=O)CN1C(=O)/C=C/c1ccc(N)cc1. The molecule has 21 heavy (non-hydrogen) atoms. The minimum atomic E-state index is -1.06. The lowest BCUT2D eigenvalue weighted by Crippen LogP contribution is -2.65. The maximum absolute atomic E-state index is 12.2. The highest BCUT2D eigenvalue weighted by Gasteiger charge is 2.42. The largest absolute Gasteiger partial charge is 0.399 e. The zero-order chi connectivity index (χ0) is 15.6. The normalized spacial score (nSPS) is 17.9. The van der Waals surface area contributed by atoms with Crippen molar-refractivity contribution in [1.29, 1.82) is 0 Å². The zero-order valence-corrected chi connectivity index (χ0v) is 11.9. The average Bonchev–Trinajstić information content (AvgIpc) is 2.42. The molecule has 1 aromatic rings. The van der Waals surface area contributed by atoms with Crippen molar-refractivity contribution >= 4 is 29.5 Å². The molecule has 0 bridgehead atoms. The Kier molecular flexibility index (Phi) is 3.80. The number of rotatable bonds is 2. The smallest absolute Gasteiger partial charge is 0.252 e.